The number of hydrogen-bond acceptors (Lipinski definition) is 12. The maximum atomic E-state index is 12.8. The molecule has 0 aromatic heterocycles. The molecular formula is C56H42O12. The second kappa shape index (κ2) is 14.9. The molecule has 0 fully saturated rings. The van der Waals surface area contributed by atoms with Crippen molar-refractivity contribution < 1.29 is 60.5 Å². The molecule has 2 unspecified atom stereocenters. The van der Waals surface area contributed by atoms with Gasteiger partial charge in [0.2, 0.25) is 0 Å². The molecule has 68 heavy (non-hydrogen) atoms. The van der Waals surface area contributed by atoms with Crippen LogP contribution in [0.15, 0.2) is 146 Å². The quantitative estimate of drug-likeness (QED) is 0.0780. The van der Waals surface area contributed by atoms with Crippen molar-refractivity contribution >= 4 is 0 Å². The van der Waals surface area contributed by atoms with Crippen molar-refractivity contribution in [2.75, 3.05) is 0 Å². The van der Waals surface area contributed by atoms with Crippen molar-refractivity contribution in [3.63, 3.8) is 0 Å². The van der Waals surface area contributed by atoms with Gasteiger partial charge in [-0.25, -0.2) is 0 Å². The monoisotopic (exact) mass is 906 g/mol. The van der Waals surface area contributed by atoms with E-state index in [0.29, 0.717) is 78.3 Å². The van der Waals surface area contributed by atoms with Gasteiger partial charge in [0.15, 0.2) is 0 Å². The molecule has 0 saturated heterocycles. The zero-order valence-electron chi connectivity index (χ0n) is 35.8. The maximum Gasteiger partial charge on any atom is 0.135 e. The predicted octanol–water partition coefficient (Wildman–Crippen LogP) is 10.4. The molecule has 12 nitrogen and oxygen atoms in total. The van der Waals surface area contributed by atoms with Crippen molar-refractivity contribution in [3.05, 3.63) is 212 Å². The molecule has 338 valence electrons. The molecule has 10 N–H and O–H groups in total. The van der Waals surface area contributed by atoms with Gasteiger partial charge in [0.05, 0.1) is 11.8 Å². The maximum absolute atomic E-state index is 12.8. The van der Waals surface area contributed by atoms with Crippen LogP contribution in [0.1, 0.15) is 114 Å². The lowest BCUT2D eigenvalue weighted by atomic mass is 9.62. The van der Waals surface area contributed by atoms with E-state index in [2.05, 4.69) is 0 Å². The number of ether oxygens (including phenoxy) is 2. The summed E-state index contributed by atoms with van der Waals surface area (Å²) in [5, 5.41) is 113. The zero-order valence-corrected chi connectivity index (χ0v) is 35.8. The molecule has 4 aliphatic rings. The Hall–Kier alpha value is -8.64. The van der Waals surface area contributed by atoms with Gasteiger partial charge in [-0.15, -0.1) is 0 Å². The normalized spacial score (nSPS) is 22.6. The van der Waals surface area contributed by atoms with E-state index in [-0.39, 0.29) is 57.5 Å². The fraction of sp³-hybridized carbons (Fsp3) is 0.143. The standard InChI is InChI=1S/C56H42O12/c57-30-9-1-25(2-10-30)44-47-38(20-36(63)22-40(47)65)50-48-39(21-37(64)23-42(48)67-56(50)28-7-15-33(60)16-8-28)49-45(26-3-11-31(58)12-4-26)51-41(66)24-43-52(54(51)53(44)49)46(29-17-34(61)19-35(62)18-29)55(68-43)27-5-13-32(59)14-6-27/h1-24,44-46,49-50,53,55-66H/t44?,45-,46+,49?,50+,53+,55-,56-/m1/s1. The summed E-state index contributed by atoms with van der Waals surface area (Å²) >= 11 is 0. The number of hydrogen-bond donors (Lipinski definition) is 10. The van der Waals surface area contributed by atoms with Gasteiger partial charge in [0, 0.05) is 70.2 Å². The highest BCUT2D eigenvalue weighted by molar-refractivity contribution is 5.73. The van der Waals surface area contributed by atoms with Crippen molar-refractivity contribution in [1.82, 2.24) is 0 Å². The van der Waals surface area contributed by atoms with Gasteiger partial charge in [-0.3, -0.25) is 0 Å². The van der Waals surface area contributed by atoms with Crippen LogP contribution in [-0.2, 0) is 0 Å². The minimum absolute atomic E-state index is 0.0102. The first-order valence-corrected chi connectivity index (χ1v) is 22.2. The third kappa shape index (κ3) is 6.20. The number of aromatic hydroxyl groups is 10. The number of phenols is 10. The average molecular weight is 907 g/mol. The van der Waals surface area contributed by atoms with E-state index in [9.17, 15) is 51.1 Å². The van der Waals surface area contributed by atoms with Gasteiger partial charge in [-0.2, -0.15) is 0 Å². The molecule has 12 heteroatoms. The van der Waals surface area contributed by atoms with Gasteiger partial charge in [0.1, 0.15) is 81.2 Å². The molecule has 8 aromatic carbocycles. The minimum atomic E-state index is -0.867. The molecule has 0 amide bonds. The molecule has 2 heterocycles. The molecule has 0 bridgehead atoms. The van der Waals surface area contributed by atoms with Crippen molar-refractivity contribution in [3.8, 4) is 69.0 Å². The van der Waals surface area contributed by atoms with Crippen LogP contribution in [0, 0.1) is 0 Å². The van der Waals surface area contributed by atoms with E-state index < -0.39 is 47.7 Å². The molecule has 0 saturated carbocycles. The van der Waals surface area contributed by atoms with Crippen LogP contribution in [-0.4, -0.2) is 51.1 Å². The lowest BCUT2D eigenvalue weighted by molar-refractivity contribution is 0.220. The Kier molecular flexibility index (Phi) is 8.97. The Morgan fingerprint density at radius 3 is 1.24 bits per heavy atom. The number of rotatable bonds is 5. The van der Waals surface area contributed by atoms with E-state index in [4.69, 9.17) is 9.47 Å². The van der Waals surface area contributed by atoms with Crippen LogP contribution in [0.5, 0.6) is 69.0 Å². The van der Waals surface area contributed by atoms with Gasteiger partial charge in [-0.05, 0) is 117 Å². The first kappa shape index (κ1) is 40.8. The van der Waals surface area contributed by atoms with Gasteiger partial charge >= 0.3 is 0 Å². The number of benzene rings is 8. The summed E-state index contributed by atoms with van der Waals surface area (Å²) in [5.74, 6) is -5.08. The fourth-order valence-corrected chi connectivity index (χ4v) is 12.0. The SMILES string of the molecule is Oc1ccc(C2c3c(O)cc(O)cc3[C@H]3c4c(cc(O)cc4C4[C@@H](c5ccc(O)cc5)c5c(O)cc6c(c5[C@@H]24)[C@H](c2cc(O)cc(O)c2)[C@@H](c2ccc(O)cc2)O6)O[C@@H]3c2ccc(O)cc2)cc1. The summed E-state index contributed by atoms with van der Waals surface area (Å²) in [6.45, 7) is 0. The molecule has 8 aromatic rings. The van der Waals surface area contributed by atoms with Crippen LogP contribution in [0.2, 0.25) is 0 Å². The first-order chi connectivity index (χ1) is 32.8. The summed E-state index contributed by atoms with van der Waals surface area (Å²) in [5.41, 5.74) is 7.02. The summed E-state index contributed by atoms with van der Waals surface area (Å²) < 4.78 is 13.8. The van der Waals surface area contributed by atoms with E-state index in [1.165, 1.54) is 30.3 Å². The second-order valence-electron chi connectivity index (χ2n) is 18.2. The fourth-order valence-electron chi connectivity index (χ4n) is 12.0. The second-order valence-corrected chi connectivity index (χ2v) is 18.2. The van der Waals surface area contributed by atoms with Crippen LogP contribution in [0.25, 0.3) is 0 Å². The van der Waals surface area contributed by atoms with Crippen LogP contribution in [0.4, 0.5) is 0 Å². The third-order valence-corrected chi connectivity index (χ3v) is 14.4. The van der Waals surface area contributed by atoms with E-state index >= 15 is 0 Å². The van der Waals surface area contributed by atoms with E-state index in [1.54, 1.807) is 115 Å². The molecular weight excluding hydrogens is 865 g/mol. The zero-order chi connectivity index (χ0) is 46.9. The van der Waals surface area contributed by atoms with Crippen molar-refractivity contribution in [1.29, 1.82) is 0 Å². The van der Waals surface area contributed by atoms with E-state index in [0.717, 1.165) is 0 Å². The highest BCUT2D eigenvalue weighted by atomic mass is 16.5. The Labute approximate surface area is 388 Å². The van der Waals surface area contributed by atoms with Gasteiger partial charge in [0.25, 0.3) is 0 Å². The lowest BCUT2D eigenvalue weighted by Gasteiger charge is -2.39. The molecule has 8 atom stereocenters. The smallest absolute Gasteiger partial charge is 0.135 e. The first-order valence-electron chi connectivity index (χ1n) is 22.2. The summed E-state index contributed by atoms with van der Waals surface area (Å²) in [7, 11) is 0. The molecule has 0 radical (unpaired) electrons. The van der Waals surface area contributed by atoms with Crippen LogP contribution in [0.3, 0.4) is 0 Å². The van der Waals surface area contributed by atoms with Crippen LogP contribution < -0.4 is 9.47 Å². The molecule has 2 aliphatic heterocycles. The summed E-state index contributed by atoms with van der Waals surface area (Å²) in [6, 6.07) is 38.5. The minimum Gasteiger partial charge on any atom is -0.508 e. The topological polar surface area (TPSA) is 221 Å². The van der Waals surface area contributed by atoms with Gasteiger partial charge < -0.3 is 60.5 Å². The number of fused-ring (bicyclic) bond motifs is 8. The Morgan fingerprint density at radius 2 is 0.691 bits per heavy atom. The predicted molar refractivity (Wildman–Crippen MR) is 248 cm³/mol. The highest BCUT2D eigenvalue weighted by Gasteiger charge is 2.57. The Bertz CT molecular complexity index is 3310. The summed E-state index contributed by atoms with van der Waals surface area (Å²) in [4.78, 5) is 0. The molecule has 12 rings (SSSR count). The average Bonchev–Trinajstić information content (AvgIpc) is 3.98. The molecule has 2 aliphatic carbocycles. The highest BCUT2D eigenvalue weighted by Crippen LogP contribution is 2.71. The van der Waals surface area contributed by atoms with Crippen molar-refractivity contribution in [2.45, 2.75) is 47.7 Å². The summed E-state index contributed by atoms with van der Waals surface area (Å²) in [6.07, 6.45) is -1.64. The van der Waals surface area contributed by atoms with Crippen LogP contribution >= 0.6 is 0 Å². The Morgan fingerprint density at radius 1 is 0.265 bits per heavy atom. The lowest BCUT2D eigenvalue weighted by Crippen LogP contribution is -2.26. The largest absolute Gasteiger partial charge is 0.508 e. The molecule has 0 spiro atoms. The third-order valence-electron chi connectivity index (χ3n) is 14.4. The van der Waals surface area contributed by atoms with Gasteiger partial charge in [-0.1, -0.05) is 48.5 Å². The van der Waals surface area contributed by atoms with Crippen molar-refractivity contribution in [2.24, 2.45) is 0 Å². The van der Waals surface area contributed by atoms with E-state index in [1.807, 2.05) is 0 Å². The number of phenolic OH excluding ortho intramolecular Hbond substituents is 10. The Balaban J connectivity index is 1.24.